The minimum Gasteiger partial charge on any atom is -0.272 e. The highest BCUT2D eigenvalue weighted by atomic mass is 15.5. The third-order valence-electron chi connectivity index (χ3n) is 5.06. The molecule has 2 saturated carbocycles. The molecule has 2 aliphatic heterocycles. The van der Waals surface area contributed by atoms with Gasteiger partial charge in [0, 0.05) is 6.54 Å². The first-order chi connectivity index (χ1) is 8.40. The number of hydrazone groups is 1. The van der Waals surface area contributed by atoms with Crippen molar-refractivity contribution in [2.45, 2.75) is 57.5 Å². The molecule has 3 fully saturated rings. The van der Waals surface area contributed by atoms with Gasteiger partial charge in [0.1, 0.15) is 6.17 Å². The van der Waals surface area contributed by atoms with E-state index in [0.29, 0.717) is 6.17 Å². The Balaban J connectivity index is 1.60. The van der Waals surface area contributed by atoms with Crippen LogP contribution in [-0.2, 0) is 0 Å². The Morgan fingerprint density at radius 1 is 0.941 bits per heavy atom. The van der Waals surface area contributed by atoms with Gasteiger partial charge in [-0.15, -0.1) is 0 Å². The zero-order valence-corrected chi connectivity index (χ0v) is 10.4. The van der Waals surface area contributed by atoms with Gasteiger partial charge in [-0.2, -0.15) is 5.10 Å². The molecule has 0 radical (unpaired) electrons. The van der Waals surface area contributed by atoms with Crippen LogP contribution in [0.5, 0.6) is 0 Å². The summed E-state index contributed by atoms with van der Waals surface area (Å²) in [7, 11) is 0. The Hall–Kier alpha value is -0.860. The van der Waals surface area contributed by atoms with Crippen LogP contribution >= 0.6 is 0 Å². The van der Waals surface area contributed by atoms with E-state index in [4.69, 9.17) is 10.1 Å². The van der Waals surface area contributed by atoms with Crippen LogP contribution in [0.3, 0.4) is 0 Å². The van der Waals surface area contributed by atoms with Crippen molar-refractivity contribution in [1.82, 2.24) is 5.01 Å². The van der Waals surface area contributed by atoms with E-state index in [2.05, 4.69) is 5.01 Å². The summed E-state index contributed by atoms with van der Waals surface area (Å²) in [6.07, 6.45) is 10.9. The fourth-order valence-electron chi connectivity index (χ4n) is 4.10. The molecule has 3 nitrogen and oxygen atoms in total. The zero-order valence-electron chi connectivity index (χ0n) is 10.4. The van der Waals surface area contributed by atoms with Gasteiger partial charge in [-0.05, 0) is 56.8 Å². The van der Waals surface area contributed by atoms with Crippen LogP contribution in [0.2, 0.25) is 0 Å². The summed E-state index contributed by atoms with van der Waals surface area (Å²) < 4.78 is 0. The van der Waals surface area contributed by atoms with E-state index < -0.39 is 0 Å². The van der Waals surface area contributed by atoms with Crippen molar-refractivity contribution < 1.29 is 0 Å². The van der Waals surface area contributed by atoms with Gasteiger partial charge in [0.05, 0.1) is 11.4 Å². The summed E-state index contributed by atoms with van der Waals surface area (Å²) in [5, 5.41) is 7.22. The highest BCUT2D eigenvalue weighted by Gasteiger charge is 2.39. The van der Waals surface area contributed by atoms with Crippen LogP contribution in [0.1, 0.15) is 51.4 Å². The summed E-state index contributed by atoms with van der Waals surface area (Å²) in [6.45, 7) is 1.18. The van der Waals surface area contributed by atoms with Crippen LogP contribution in [0.15, 0.2) is 10.1 Å². The van der Waals surface area contributed by atoms with E-state index in [1.807, 2.05) is 0 Å². The van der Waals surface area contributed by atoms with Crippen molar-refractivity contribution in [3.8, 4) is 0 Å². The van der Waals surface area contributed by atoms with Gasteiger partial charge in [-0.1, -0.05) is 6.42 Å². The predicted octanol–water partition coefficient (Wildman–Crippen LogP) is 2.82. The Bertz CT molecular complexity index is 349. The minimum absolute atomic E-state index is 0.395. The minimum atomic E-state index is 0.395. The molecular weight excluding hydrogens is 210 g/mol. The molecule has 3 atom stereocenters. The van der Waals surface area contributed by atoms with Gasteiger partial charge in [-0.25, -0.2) is 0 Å². The maximum Gasteiger partial charge on any atom is 0.137 e. The quantitative estimate of drug-likeness (QED) is 0.630. The number of hydrogen-bond donors (Lipinski definition) is 0. The van der Waals surface area contributed by atoms with Gasteiger partial charge in [0.2, 0.25) is 0 Å². The summed E-state index contributed by atoms with van der Waals surface area (Å²) in [4.78, 5) is 5.00. The SMILES string of the molecule is C1CCC2=NN3CC4CCCC4CC3N=C2C1. The van der Waals surface area contributed by atoms with E-state index in [1.54, 1.807) is 0 Å². The molecule has 4 aliphatic rings. The van der Waals surface area contributed by atoms with Gasteiger partial charge in [0.15, 0.2) is 0 Å². The lowest BCUT2D eigenvalue weighted by atomic mass is 9.87. The number of nitrogens with zero attached hydrogens (tertiary/aromatic N) is 3. The topological polar surface area (TPSA) is 28.0 Å². The molecule has 0 aromatic heterocycles. The maximum atomic E-state index is 5.00. The molecular formula is C14H21N3. The zero-order chi connectivity index (χ0) is 11.2. The summed E-state index contributed by atoms with van der Waals surface area (Å²) in [5.41, 5.74) is 2.65. The van der Waals surface area contributed by atoms with E-state index in [-0.39, 0.29) is 0 Å². The predicted molar refractivity (Wildman–Crippen MR) is 69.3 cm³/mol. The third-order valence-corrected chi connectivity index (χ3v) is 5.06. The number of piperidine rings is 1. The molecule has 4 rings (SSSR count). The van der Waals surface area contributed by atoms with Crippen LogP contribution in [0, 0.1) is 11.8 Å². The maximum absolute atomic E-state index is 5.00. The summed E-state index contributed by atoms with van der Waals surface area (Å²) in [6, 6.07) is 0. The second-order valence-corrected chi connectivity index (χ2v) is 6.12. The van der Waals surface area contributed by atoms with Crippen molar-refractivity contribution in [1.29, 1.82) is 0 Å². The van der Waals surface area contributed by atoms with Gasteiger partial charge >= 0.3 is 0 Å². The molecule has 2 heterocycles. The van der Waals surface area contributed by atoms with Crippen molar-refractivity contribution >= 4 is 11.4 Å². The van der Waals surface area contributed by atoms with Crippen LogP contribution in [0.4, 0.5) is 0 Å². The highest BCUT2D eigenvalue weighted by Crippen LogP contribution is 2.41. The average Bonchev–Trinajstić information content (AvgIpc) is 2.80. The van der Waals surface area contributed by atoms with Crippen molar-refractivity contribution in [3.63, 3.8) is 0 Å². The van der Waals surface area contributed by atoms with Gasteiger partial charge in [0.25, 0.3) is 0 Å². The van der Waals surface area contributed by atoms with Crippen molar-refractivity contribution in [2.75, 3.05) is 6.54 Å². The van der Waals surface area contributed by atoms with Gasteiger partial charge < -0.3 is 0 Å². The molecule has 17 heavy (non-hydrogen) atoms. The lowest BCUT2D eigenvalue weighted by Crippen LogP contribution is -2.46. The second kappa shape index (κ2) is 3.82. The van der Waals surface area contributed by atoms with Crippen LogP contribution in [-0.4, -0.2) is 29.1 Å². The first-order valence-corrected chi connectivity index (χ1v) is 7.31. The fourth-order valence-corrected chi connectivity index (χ4v) is 4.10. The van der Waals surface area contributed by atoms with E-state index in [1.165, 1.54) is 62.9 Å². The lowest BCUT2D eigenvalue weighted by Gasteiger charge is -2.41. The number of rotatable bonds is 0. The number of hydrogen-bond acceptors (Lipinski definition) is 3. The number of fused-ring (bicyclic) bond motifs is 3. The lowest BCUT2D eigenvalue weighted by molar-refractivity contribution is 0.0818. The standard InChI is InChI=1S/C14H21N3/c1-2-7-13-12(6-1)15-14-8-10-4-3-5-11(10)9-17(14)16-13/h10-11,14H,1-9H2. The van der Waals surface area contributed by atoms with Crippen LogP contribution in [0.25, 0.3) is 0 Å². The molecule has 3 heteroatoms. The van der Waals surface area contributed by atoms with E-state index in [0.717, 1.165) is 18.3 Å². The Morgan fingerprint density at radius 3 is 2.71 bits per heavy atom. The number of aliphatic imine (C=N–C) groups is 1. The van der Waals surface area contributed by atoms with Crippen molar-refractivity contribution in [3.05, 3.63) is 0 Å². The van der Waals surface area contributed by atoms with Gasteiger partial charge in [-0.3, -0.25) is 10.0 Å². The Kier molecular flexibility index (Phi) is 2.27. The third kappa shape index (κ3) is 1.62. The second-order valence-electron chi connectivity index (χ2n) is 6.12. The molecule has 1 saturated heterocycles. The Labute approximate surface area is 103 Å². The molecule has 0 spiro atoms. The van der Waals surface area contributed by atoms with Crippen molar-refractivity contribution in [2.24, 2.45) is 21.9 Å². The first-order valence-electron chi connectivity index (χ1n) is 7.31. The highest BCUT2D eigenvalue weighted by molar-refractivity contribution is 6.43. The Morgan fingerprint density at radius 2 is 1.76 bits per heavy atom. The molecule has 0 aromatic carbocycles. The molecule has 3 unspecified atom stereocenters. The molecule has 0 amide bonds. The average molecular weight is 231 g/mol. The molecule has 0 N–H and O–H groups in total. The molecule has 2 aliphatic carbocycles. The van der Waals surface area contributed by atoms with E-state index >= 15 is 0 Å². The fraction of sp³-hybridized carbons (Fsp3) is 0.857. The largest absolute Gasteiger partial charge is 0.272 e. The first kappa shape index (κ1) is 10.1. The summed E-state index contributed by atoms with van der Waals surface area (Å²) in [5.74, 6) is 1.86. The normalized spacial score (nSPS) is 40.0. The summed E-state index contributed by atoms with van der Waals surface area (Å²) >= 11 is 0. The monoisotopic (exact) mass is 231 g/mol. The smallest absolute Gasteiger partial charge is 0.137 e. The van der Waals surface area contributed by atoms with E-state index in [9.17, 15) is 0 Å². The van der Waals surface area contributed by atoms with Crippen LogP contribution < -0.4 is 0 Å². The molecule has 0 bridgehead atoms. The molecule has 92 valence electrons. The molecule has 0 aromatic rings.